The number of amides is 2. The van der Waals surface area contributed by atoms with Crippen molar-refractivity contribution in [3.8, 4) is 0 Å². The highest BCUT2D eigenvalue weighted by molar-refractivity contribution is 6.33. The number of anilines is 2. The topological polar surface area (TPSA) is 75.7 Å². The number of hydrogen-bond acceptors (Lipinski definition) is 4. The summed E-state index contributed by atoms with van der Waals surface area (Å²) in [5.41, 5.74) is 4.31. The molecule has 152 valence electrons. The first-order chi connectivity index (χ1) is 13.8. The number of nitrogens with one attached hydrogen (secondary N) is 1. The van der Waals surface area contributed by atoms with E-state index < -0.39 is 24.4 Å². The molecular formula is C22H23ClN2O4. The van der Waals surface area contributed by atoms with Crippen LogP contribution in [-0.4, -0.2) is 30.9 Å². The molecule has 1 heterocycles. The number of aryl methyl sites for hydroxylation is 2. The maximum Gasteiger partial charge on any atom is 0.311 e. The van der Waals surface area contributed by atoms with E-state index in [-0.39, 0.29) is 18.9 Å². The van der Waals surface area contributed by atoms with Crippen molar-refractivity contribution in [3.05, 3.63) is 58.1 Å². The first-order valence-corrected chi connectivity index (χ1v) is 9.73. The van der Waals surface area contributed by atoms with Crippen molar-refractivity contribution >= 4 is 40.8 Å². The fourth-order valence-corrected chi connectivity index (χ4v) is 3.57. The second kappa shape index (κ2) is 8.66. The molecule has 3 rings (SSSR count). The van der Waals surface area contributed by atoms with Gasteiger partial charge < -0.3 is 15.0 Å². The summed E-state index contributed by atoms with van der Waals surface area (Å²) in [6.07, 6.45) is 0.0671. The smallest absolute Gasteiger partial charge is 0.311 e. The van der Waals surface area contributed by atoms with Gasteiger partial charge >= 0.3 is 5.97 Å². The molecule has 1 fully saturated rings. The summed E-state index contributed by atoms with van der Waals surface area (Å²) in [4.78, 5) is 38.5. The van der Waals surface area contributed by atoms with Gasteiger partial charge in [0, 0.05) is 18.7 Å². The van der Waals surface area contributed by atoms with E-state index in [0.717, 1.165) is 22.4 Å². The average molecular weight is 415 g/mol. The summed E-state index contributed by atoms with van der Waals surface area (Å²) in [7, 11) is 0. The van der Waals surface area contributed by atoms with Crippen molar-refractivity contribution in [2.24, 2.45) is 5.92 Å². The average Bonchev–Trinajstić information content (AvgIpc) is 3.06. The predicted octanol–water partition coefficient (Wildman–Crippen LogP) is 3.80. The summed E-state index contributed by atoms with van der Waals surface area (Å²) in [6.45, 7) is 5.63. The molecule has 2 aromatic carbocycles. The van der Waals surface area contributed by atoms with Crippen LogP contribution >= 0.6 is 11.6 Å². The van der Waals surface area contributed by atoms with Gasteiger partial charge in [-0.15, -0.1) is 0 Å². The summed E-state index contributed by atoms with van der Waals surface area (Å²) < 4.78 is 5.14. The van der Waals surface area contributed by atoms with Crippen LogP contribution in [0.25, 0.3) is 0 Å². The molecule has 0 aromatic heterocycles. The Balaban J connectivity index is 1.56. The Morgan fingerprint density at radius 2 is 1.97 bits per heavy atom. The molecule has 1 aliphatic heterocycles. The van der Waals surface area contributed by atoms with Crippen LogP contribution in [0.4, 0.5) is 11.4 Å². The van der Waals surface area contributed by atoms with Gasteiger partial charge in [-0.3, -0.25) is 14.4 Å². The monoisotopic (exact) mass is 414 g/mol. The molecule has 0 unspecified atom stereocenters. The number of benzene rings is 2. The Labute approximate surface area is 174 Å². The molecule has 1 saturated heterocycles. The zero-order valence-corrected chi connectivity index (χ0v) is 17.4. The van der Waals surface area contributed by atoms with Crippen molar-refractivity contribution < 1.29 is 19.1 Å². The second-order valence-electron chi connectivity index (χ2n) is 7.26. The molecule has 0 saturated carbocycles. The van der Waals surface area contributed by atoms with Crippen molar-refractivity contribution in [1.82, 2.24) is 0 Å². The third-order valence-electron chi connectivity index (χ3n) is 5.07. The lowest BCUT2D eigenvalue weighted by Gasteiger charge is -2.20. The van der Waals surface area contributed by atoms with E-state index in [1.165, 1.54) is 0 Å². The lowest BCUT2D eigenvalue weighted by Crippen LogP contribution is -2.28. The van der Waals surface area contributed by atoms with Gasteiger partial charge in [-0.1, -0.05) is 29.8 Å². The Kier molecular flexibility index (Phi) is 6.23. The molecule has 0 radical (unpaired) electrons. The van der Waals surface area contributed by atoms with Gasteiger partial charge in [0.25, 0.3) is 5.91 Å². The highest BCUT2D eigenvalue weighted by Crippen LogP contribution is 2.30. The molecule has 0 spiro atoms. The van der Waals surface area contributed by atoms with Gasteiger partial charge in [-0.25, -0.2) is 0 Å². The molecule has 1 N–H and O–H groups in total. The number of esters is 1. The third-order valence-corrected chi connectivity index (χ3v) is 5.38. The SMILES string of the molecule is Cc1ccc(NC(=O)COC(=O)[C@H]2CC(=O)N(c3cccc(C)c3C)C2)c(Cl)c1. The van der Waals surface area contributed by atoms with E-state index in [9.17, 15) is 14.4 Å². The number of carbonyl (C=O) groups is 3. The maximum atomic E-state index is 12.4. The van der Waals surface area contributed by atoms with E-state index in [2.05, 4.69) is 5.32 Å². The Morgan fingerprint density at radius 1 is 1.21 bits per heavy atom. The fourth-order valence-electron chi connectivity index (χ4n) is 3.29. The van der Waals surface area contributed by atoms with Gasteiger partial charge in [0.05, 0.1) is 16.6 Å². The molecule has 0 aliphatic carbocycles. The first kappa shape index (κ1) is 20.9. The molecular weight excluding hydrogens is 392 g/mol. The summed E-state index contributed by atoms with van der Waals surface area (Å²) in [6, 6.07) is 11.0. The minimum atomic E-state index is -0.599. The predicted molar refractivity (Wildman–Crippen MR) is 112 cm³/mol. The third kappa shape index (κ3) is 4.77. The van der Waals surface area contributed by atoms with Crippen LogP contribution in [0.2, 0.25) is 5.02 Å². The summed E-state index contributed by atoms with van der Waals surface area (Å²) in [5.74, 6) is -1.77. The van der Waals surface area contributed by atoms with E-state index in [1.807, 2.05) is 45.0 Å². The van der Waals surface area contributed by atoms with Gasteiger partial charge in [-0.2, -0.15) is 0 Å². The van der Waals surface area contributed by atoms with E-state index in [1.54, 1.807) is 17.0 Å². The molecule has 6 nitrogen and oxygen atoms in total. The highest BCUT2D eigenvalue weighted by atomic mass is 35.5. The largest absolute Gasteiger partial charge is 0.455 e. The molecule has 29 heavy (non-hydrogen) atoms. The standard InChI is InChI=1S/C22H23ClN2O4/c1-13-7-8-18(17(23)9-13)24-20(26)12-29-22(28)16-10-21(27)25(11-16)19-6-4-5-14(2)15(19)3/h4-9,16H,10-12H2,1-3H3,(H,24,26)/t16-/m0/s1. The van der Waals surface area contributed by atoms with E-state index in [4.69, 9.17) is 16.3 Å². The lowest BCUT2D eigenvalue weighted by atomic mass is 10.1. The number of nitrogens with zero attached hydrogens (tertiary/aromatic N) is 1. The van der Waals surface area contributed by atoms with Crippen molar-refractivity contribution in [2.45, 2.75) is 27.2 Å². The van der Waals surface area contributed by atoms with Gasteiger partial charge in [0.1, 0.15) is 0 Å². The van der Waals surface area contributed by atoms with Crippen LogP contribution in [0.5, 0.6) is 0 Å². The number of rotatable bonds is 5. The summed E-state index contributed by atoms with van der Waals surface area (Å²) in [5, 5.41) is 3.03. The van der Waals surface area contributed by atoms with E-state index in [0.29, 0.717) is 10.7 Å². The van der Waals surface area contributed by atoms with E-state index >= 15 is 0 Å². The molecule has 7 heteroatoms. The lowest BCUT2D eigenvalue weighted by molar-refractivity contribution is -0.151. The summed E-state index contributed by atoms with van der Waals surface area (Å²) >= 11 is 6.09. The maximum absolute atomic E-state index is 12.4. The fraction of sp³-hybridized carbons (Fsp3) is 0.318. The van der Waals surface area contributed by atoms with Crippen LogP contribution in [-0.2, 0) is 19.1 Å². The number of halogens is 1. The van der Waals surface area contributed by atoms with Gasteiger partial charge in [-0.05, 0) is 55.7 Å². The van der Waals surface area contributed by atoms with Crippen LogP contribution in [0, 0.1) is 26.7 Å². The van der Waals surface area contributed by atoms with Crippen LogP contribution in [0.15, 0.2) is 36.4 Å². The highest BCUT2D eigenvalue weighted by Gasteiger charge is 2.37. The Morgan fingerprint density at radius 3 is 2.69 bits per heavy atom. The molecule has 1 atom stereocenters. The number of carbonyl (C=O) groups excluding carboxylic acids is 3. The molecule has 2 aromatic rings. The Bertz CT molecular complexity index is 973. The van der Waals surface area contributed by atoms with Crippen LogP contribution in [0.3, 0.4) is 0 Å². The quantitative estimate of drug-likeness (QED) is 0.755. The second-order valence-corrected chi connectivity index (χ2v) is 7.67. The Hall–Kier alpha value is -2.86. The van der Waals surface area contributed by atoms with Crippen molar-refractivity contribution in [3.63, 3.8) is 0 Å². The minimum Gasteiger partial charge on any atom is -0.455 e. The van der Waals surface area contributed by atoms with Crippen LogP contribution < -0.4 is 10.2 Å². The van der Waals surface area contributed by atoms with Gasteiger partial charge in [0.2, 0.25) is 5.91 Å². The number of ether oxygens (including phenoxy) is 1. The molecule has 2 amide bonds. The zero-order valence-electron chi connectivity index (χ0n) is 16.6. The number of hydrogen-bond donors (Lipinski definition) is 1. The van der Waals surface area contributed by atoms with Crippen molar-refractivity contribution in [2.75, 3.05) is 23.4 Å². The molecule has 1 aliphatic rings. The molecule has 0 bridgehead atoms. The van der Waals surface area contributed by atoms with Crippen LogP contribution in [0.1, 0.15) is 23.1 Å². The zero-order chi connectivity index (χ0) is 21.1. The first-order valence-electron chi connectivity index (χ1n) is 9.35. The normalized spacial score (nSPS) is 16.1. The van der Waals surface area contributed by atoms with Gasteiger partial charge in [0.15, 0.2) is 6.61 Å². The van der Waals surface area contributed by atoms with Crippen molar-refractivity contribution in [1.29, 1.82) is 0 Å². The minimum absolute atomic E-state index is 0.0671.